The Balaban J connectivity index is 1.75. The molecule has 0 radical (unpaired) electrons. The maximum absolute atomic E-state index is 12.0. The van der Waals surface area contributed by atoms with E-state index in [1.54, 1.807) is 24.9 Å². The van der Waals surface area contributed by atoms with Crippen LogP contribution < -0.4 is 10.8 Å². The van der Waals surface area contributed by atoms with Gasteiger partial charge in [0.15, 0.2) is 40.8 Å². The van der Waals surface area contributed by atoms with Gasteiger partial charge in [-0.15, -0.1) is 5.10 Å². The lowest BCUT2D eigenvalue weighted by atomic mass is 10.1. The normalized spacial score (nSPS) is 22.7. The molecule has 3 aromatic heterocycles. The summed E-state index contributed by atoms with van der Waals surface area (Å²) < 4.78 is 13.7. The largest absolute Gasteiger partial charge is 0.387 e. The van der Waals surface area contributed by atoms with Crippen LogP contribution in [-0.4, -0.2) is 96.3 Å². The molecule has 4 rings (SSSR count). The Labute approximate surface area is 187 Å². The number of imidazole rings is 1. The molecular weight excluding hydrogens is 438 g/mol. The monoisotopic (exact) mass is 463 g/mol. The van der Waals surface area contributed by atoms with Crippen molar-refractivity contribution < 1.29 is 29.3 Å². The van der Waals surface area contributed by atoms with Crippen molar-refractivity contribution in [3.8, 4) is 11.5 Å². The van der Waals surface area contributed by atoms with Crippen molar-refractivity contribution in [2.24, 2.45) is 0 Å². The van der Waals surface area contributed by atoms with Gasteiger partial charge in [-0.25, -0.2) is 25.1 Å². The average molecular weight is 463 g/mol. The Morgan fingerprint density at radius 2 is 2.12 bits per heavy atom. The number of likely N-dealkylation sites (N-methyl/N-ethyl adjacent to an activating group) is 1. The summed E-state index contributed by atoms with van der Waals surface area (Å²) in [4.78, 5) is 30.6. The molecule has 1 aliphatic rings. The Morgan fingerprint density at radius 1 is 1.30 bits per heavy atom. The van der Waals surface area contributed by atoms with Gasteiger partial charge in [-0.05, 0) is 6.92 Å². The third kappa shape index (κ3) is 4.36. The number of hydrogen-bond acceptors (Lipinski definition) is 12. The van der Waals surface area contributed by atoms with E-state index in [4.69, 9.17) is 14.3 Å². The number of rotatable bonds is 9. The van der Waals surface area contributed by atoms with Crippen molar-refractivity contribution in [3.05, 3.63) is 12.5 Å². The molecule has 4 heterocycles. The zero-order chi connectivity index (χ0) is 23.5. The number of nitrogens with one attached hydrogen (secondary N) is 2. The lowest BCUT2D eigenvalue weighted by molar-refractivity contribution is -0.137. The van der Waals surface area contributed by atoms with Gasteiger partial charge >= 0.3 is 0 Å². The molecule has 0 saturated carbocycles. The number of ether oxygens (including phenoxy) is 2. The number of carbonyl (C=O) groups is 1. The Bertz CT molecular complexity index is 1120. The van der Waals surface area contributed by atoms with Crippen LogP contribution in [0.25, 0.3) is 22.7 Å². The van der Waals surface area contributed by atoms with Crippen molar-refractivity contribution in [2.75, 3.05) is 32.9 Å². The third-order valence-corrected chi connectivity index (χ3v) is 5.04. The molecule has 0 unspecified atom stereocenters. The summed E-state index contributed by atoms with van der Waals surface area (Å²) in [6, 6.07) is 0. The van der Waals surface area contributed by atoms with E-state index in [2.05, 4.69) is 36.1 Å². The van der Waals surface area contributed by atoms with Crippen LogP contribution in [0.15, 0.2) is 12.5 Å². The van der Waals surface area contributed by atoms with Gasteiger partial charge in [0, 0.05) is 14.2 Å². The highest BCUT2D eigenvalue weighted by Crippen LogP contribution is 2.33. The number of carbonyl (C=O) groups excluding carboxylic acids is 1. The van der Waals surface area contributed by atoms with E-state index in [0.717, 1.165) is 0 Å². The summed E-state index contributed by atoms with van der Waals surface area (Å²) in [5.74, 6) is -0.0842. The van der Waals surface area contributed by atoms with Crippen LogP contribution in [0.5, 0.6) is 0 Å². The van der Waals surface area contributed by atoms with E-state index in [9.17, 15) is 15.0 Å². The zero-order valence-electron chi connectivity index (χ0n) is 18.2. The number of aliphatic hydroxyl groups is 2. The predicted octanol–water partition coefficient (Wildman–Crippen LogP) is -1.54. The number of anilines is 1. The number of aliphatic hydroxyl groups excluding tert-OH is 2. The van der Waals surface area contributed by atoms with E-state index in [0.29, 0.717) is 31.0 Å². The number of methoxy groups -OCH3 is 1. The fraction of sp³-hybridized carbons (Fsp3) is 0.556. The highest BCUT2D eigenvalue weighted by Gasteiger charge is 2.47. The molecular formula is C18H25N9O6. The molecule has 0 aromatic carbocycles. The maximum Gasteiger partial charge on any atom is 0.251 e. The number of nitrogens with zero attached hydrogens (tertiary/aromatic N) is 7. The molecule has 0 spiro atoms. The number of fused-ring (bicyclic) bond motifs is 1. The lowest BCUT2D eigenvalue weighted by Crippen LogP contribution is -2.41. The molecule has 0 bridgehead atoms. The van der Waals surface area contributed by atoms with Crippen LogP contribution in [0.2, 0.25) is 0 Å². The van der Waals surface area contributed by atoms with E-state index in [1.165, 1.54) is 17.9 Å². The molecule has 4 N–H and O–H groups in total. The minimum atomic E-state index is -1.43. The second-order valence-electron chi connectivity index (χ2n) is 7.16. The highest BCUT2D eigenvalue weighted by atomic mass is 16.6. The topological polar surface area (TPSA) is 184 Å². The predicted molar refractivity (Wildman–Crippen MR) is 111 cm³/mol. The third-order valence-electron chi connectivity index (χ3n) is 5.04. The fourth-order valence-corrected chi connectivity index (χ4v) is 3.37. The first-order chi connectivity index (χ1) is 16.0. The van der Waals surface area contributed by atoms with E-state index >= 15 is 0 Å². The number of hydrogen-bond donors (Lipinski definition) is 4. The molecule has 15 nitrogen and oxygen atoms in total. The van der Waals surface area contributed by atoms with Gasteiger partial charge in [0.2, 0.25) is 0 Å². The van der Waals surface area contributed by atoms with Crippen molar-refractivity contribution in [2.45, 2.75) is 38.0 Å². The molecule has 1 fully saturated rings. The number of amides is 1. The van der Waals surface area contributed by atoms with Gasteiger partial charge in [0.1, 0.15) is 12.2 Å². The summed E-state index contributed by atoms with van der Waals surface area (Å²) in [6.45, 7) is 3.11. The summed E-state index contributed by atoms with van der Waals surface area (Å²) in [5.41, 5.74) is 3.71. The first-order valence-electron chi connectivity index (χ1n) is 10.2. The van der Waals surface area contributed by atoms with Crippen LogP contribution in [0.3, 0.4) is 0 Å². The van der Waals surface area contributed by atoms with Crippen LogP contribution in [0.1, 0.15) is 13.2 Å². The average Bonchev–Trinajstić information content (AvgIpc) is 3.54. The van der Waals surface area contributed by atoms with Crippen molar-refractivity contribution in [1.29, 1.82) is 0 Å². The zero-order valence-corrected chi connectivity index (χ0v) is 18.2. The van der Waals surface area contributed by atoms with Gasteiger partial charge in [-0.2, -0.15) is 0 Å². The van der Waals surface area contributed by atoms with Crippen LogP contribution in [-0.2, 0) is 25.7 Å². The van der Waals surface area contributed by atoms with Gasteiger partial charge in [0.05, 0.1) is 32.3 Å². The standard InChI is InChI=1S/C18H25N9O6/c1-4-32-24-15-10-16(22-14(21-15)9-7-26(25-23-9)5-6-31-3)27(8-20-10)18-12(29)11(28)13(33-18)17(30)19-2/h7-8,11-13,18,28-29H,4-6H2,1-3H3,(H,19,30)(H,21,22,24)/t11-,12+,13-,18+/m0/s1. The SMILES string of the molecule is CCONc1nc(-c2cn(CCOC)nn2)nc2c1ncn2[C@@H]1O[C@H](C(=O)NC)[C@@H](O)[C@H]1O. The quantitative estimate of drug-likeness (QED) is 0.269. The Hall–Kier alpha value is -3.24. The first kappa shape index (κ1) is 22.9. The minimum Gasteiger partial charge on any atom is -0.387 e. The summed E-state index contributed by atoms with van der Waals surface area (Å²) in [6.07, 6.45) is -2.17. The Morgan fingerprint density at radius 3 is 2.85 bits per heavy atom. The smallest absolute Gasteiger partial charge is 0.251 e. The molecule has 178 valence electrons. The fourth-order valence-electron chi connectivity index (χ4n) is 3.37. The van der Waals surface area contributed by atoms with Gasteiger partial charge in [-0.3, -0.25) is 14.2 Å². The van der Waals surface area contributed by atoms with Gasteiger partial charge in [-0.1, -0.05) is 5.21 Å². The Kier molecular flexibility index (Phi) is 6.75. The molecule has 3 aromatic rings. The molecule has 4 atom stereocenters. The maximum atomic E-state index is 12.0. The summed E-state index contributed by atoms with van der Waals surface area (Å²) >= 11 is 0. The van der Waals surface area contributed by atoms with Crippen LogP contribution in [0.4, 0.5) is 5.82 Å². The molecule has 1 aliphatic heterocycles. The van der Waals surface area contributed by atoms with Crippen molar-refractivity contribution >= 4 is 22.9 Å². The minimum absolute atomic E-state index is 0.214. The second kappa shape index (κ2) is 9.72. The van der Waals surface area contributed by atoms with Crippen molar-refractivity contribution in [1.82, 2.24) is 39.8 Å². The van der Waals surface area contributed by atoms with E-state index < -0.39 is 30.4 Å². The molecule has 33 heavy (non-hydrogen) atoms. The molecule has 1 amide bonds. The second-order valence-corrected chi connectivity index (χ2v) is 7.16. The summed E-state index contributed by atoms with van der Waals surface area (Å²) in [7, 11) is 3.00. The van der Waals surface area contributed by atoms with Gasteiger partial charge < -0.3 is 25.0 Å². The molecule has 15 heteroatoms. The van der Waals surface area contributed by atoms with Crippen LogP contribution >= 0.6 is 0 Å². The molecule has 0 aliphatic carbocycles. The summed E-state index contributed by atoms with van der Waals surface area (Å²) in [5, 5.41) is 31.4. The molecule has 1 saturated heterocycles. The lowest BCUT2D eigenvalue weighted by Gasteiger charge is -2.16. The van der Waals surface area contributed by atoms with E-state index in [-0.39, 0.29) is 17.3 Å². The van der Waals surface area contributed by atoms with Crippen molar-refractivity contribution in [3.63, 3.8) is 0 Å². The number of aromatic nitrogens is 7. The van der Waals surface area contributed by atoms with E-state index in [1.807, 2.05) is 0 Å². The van der Waals surface area contributed by atoms with Gasteiger partial charge in [0.25, 0.3) is 5.91 Å². The first-order valence-corrected chi connectivity index (χ1v) is 10.2. The van der Waals surface area contributed by atoms with Crippen LogP contribution in [0, 0.1) is 0 Å². The highest BCUT2D eigenvalue weighted by molar-refractivity contribution is 5.85.